The van der Waals surface area contributed by atoms with Crippen LogP contribution in [0.4, 0.5) is 18.9 Å². The molecule has 24 heavy (non-hydrogen) atoms. The minimum atomic E-state index is -1.62. The second kappa shape index (κ2) is 8.56. The maximum Gasteiger partial charge on any atom is 0.243 e. The first-order valence-corrected chi connectivity index (χ1v) is 7.91. The zero-order chi connectivity index (χ0) is 17.5. The van der Waals surface area contributed by atoms with E-state index in [9.17, 15) is 18.0 Å². The van der Waals surface area contributed by atoms with Gasteiger partial charge in [0.15, 0.2) is 23.4 Å². The van der Waals surface area contributed by atoms with Crippen LogP contribution in [0.25, 0.3) is 0 Å². The van der Waals surface area contributed by atoms with Crippen molar-refractivity contribution in [1.29, 1.82) is 0 Å². The Morgan fingerprint density at radius 3 is 2.54 bits per heavy atom. The van der Waals surface area contributed by atoms with Crippen LogP contribution in [0.1, 0.15) is 32.1 Å². The van der Waals surface area contributed by atoms with Crippen LogP contribution in [0.15, 0.2) is 17.1 Å². The minimum absolute atomic E-state index is 0.176. The molecule has 0 unspecified atom stereocenters. The normalized spacial score (nSPS) is 15.9. The summed E-state index contributed by atoms with van der Waals surface area (Å²) in [6.45, 7) is -0.176. The van der Waals surface area contributed by atoms with E-state index in [1.54, 1.807) is 7.05 Å². The lowest BCUT2D eigenvalue weighted by atomic mass is 9.96. The van der Waals surface area contributed by atoms with Crippen LogP contribution < -0.4 is 16.0 Å². The molecule has 1 amide bonds. The number of rotatable bonds is 4. The molecule has 0 saturated heterocycles. The van der Waals surface area contributed by atoms with Gasteiger partial charge in [-0.3, -0.25) is 9.79 Å². The van der Waals surface area contributed by atoms with Gasteiger partial charge in [-0.05, 0) is 25.0 Å². The van der Waals surface area contributed by atoms with E-state index in [2.05, 4.69) is 20.9 Å². The molecule has 2 rings (SSSR count). The van der Waals surface area contributed by atoms with Crippen molar-refractivity contribution in [2.45, 2.75) is 38.1 Å². The van der Waals surface area contributed by atoms with Crippen LogP contribution in [0.5, 0.6) is 0 Å². The van der Waals surface area contributed by atoms with Crippen LogP contribution in [0.3, 0.4) is 0 Å². The van der Waals surface area contributed by atoms with E-state index in [0.717, 1.165) is 37.8 Å². The first-order valence-electron chi connectivity index (χ1n) is 7.91. The summed E-state index contributed by atoms with van der Waals surface area (Å²) in [7, 11) is 1.59. The molecule has 0 aliphatic heterocycles. The number of halogens is 3. The molecule has 0 radical (unpaired) electrons. The van der Waals surface area contributed by atoms with Gasteiger partial charge in [-0.1, -0.05) is 19.3 Å². The van der Waals surface area contributed by atoms with E-state index >= 15 is 0 Å². The highest BCUT2D eigenvalue weighted by Gasteiger charge is 2.17. The molecule has 132 valence electrons. The van der Waals surface area contributed by atoms with Gasteiger partial charge in [-0.25, -0.2) is 13.2 Å². The van der Waals surface area contributed by atoms with E-state index in [1.165, 1.54) is 6.42 Å². The van der Waals surface area contributed by atoms with Gasteiger partial charge in [-0.15, -0.1) is 0 Å². The van der Waals surface area contributed by atoms with E-state index in [-0.39, 0.29) is 6.54 Å². The predicted molar refractivity (Wildman–Crippen MR) is 86.3 cm³/mol. The zero-order valence-electron chi connectivity index (χ0n) is 13.5. The Hall–Kier alpha value is -2.25. The number of carbonyl (C=O) groups is 1. The molecular weight excluding hydrogens is 321 g/mol. The second-order valence-electron chi connectivity index (χ2n) is 5.68. The number of carbonyl (C=O) groups excluding carboxylic acids is 1. The molecule has 3 N–H and O–H groups in total. The highest BCUT2D eigenvalue weighted by atomic mass is 19.2. The van der Waals surface area contributed by atoms with Gasteiger partial charge >= 0.3 is 0 Å². The van der Waals surface area contributed by atoms with Crippen molar-refractivity contribution < 1.29 is 18.0 Å². The average molecular weight is 342 g/mol. The van der Waals surface area contributed by atoms with Crippen LogP contribution in [-0.2, 0) is 4.79 Å². The third-order valence-electron chi connectivity index (χ3n) is 3.90. The summed E-state index contributed by atoms with van der Waals surface area (Å²) in [5.41, 5.74) is -0.407. The van der Waals surface area contributed by atoms with E-state index in [4.69, 9.17) is 0 Å². The summed E-state index contributed by atoms with van der Waals surface area (Å²) in [4.78, 5) is 15.9. The first kappa shape index (κ1) is 18.1. The molecule has 1 saturated carbocycles. The summed E-state index contributed by atoms with van der Waals surface area (Å²) >= 11 is 0. The Labute approximate surface area is 138 Å². The quantitative estimate of drug-likeness (QED) is 0.448. The van der Waals surface area contributed by atoms with Gasteiger partial charge in [0.2, 0.25) is 5.91 Å². The number of guanidine groups is 1. The molecule has 0 spiro atoms. The number of amides is 1. The topological polar surface area (TPSA) is 65.5 Å². The average Bonchev–Trinajstić information content (AvgIpc) is 2.60. The smallest absolute Gasteiger partial charge is 0.243 e. The molecule has 0 atom stereocenters. The molecule has 0 aromatic heterocycles. The highest BCUT2D eigenvalue weighted by Crippen LogP contribution is 2.19. The standard InChI is InChI=1S/C16H21F3N4O/c1-20-16(22-10-5-3-2-4-6-10)21-9-13(24)23-12-8-7-11(17)14(18)15(12)19/h7-8,10H,2-6,9H2,1H3,(H,23,24)(H2,20,21,22). The van der Waals surface area contributed by atoms with Crippen molar-refractivity contribution in [3.8, 4) is 0 Å². The van der Waals surface area contributed by atoms with Crippen molar-refractivity contribution in [3.05, 3.63) is 29.6 Å². The van der Waals surface area contributed by atoms with Crippen LogP contribution in [0, 0.1) is 17.5 Å². The van der Waals surface area contributed by atoms with Crippen molar-refractivity contribution in [2.24, 2.45) is 4.99 Å². The summed E-state index contributed by atoms with van der Waals surface area (Å²) in [5.74, 6) is -4.46. The Morgan fingerprint density at radius 2 is 1.88 bits per heavy atom. The molecule has 0 bridgehead atoms. The Balaban J connectivity index is 1.84. The number of aliphatic imine (C=N–C) groups is 1. The van der Waals surface area contributed by atoms with Gasteiger partial charge in [0.05, 0.1) is 12.2 Å². The summed E-state index contributed by atoms with van der Waals surface area (Å²) < 4.78 is 39.5. The monoisotopic (exact) mass is 342 g/mol. The Bertz CT molecular complexity index is 616. The molecule has 1 aliphatic rings. The van der Waals surface area contributed by atoms with Gasteiger partial charge in [0, 0.05) is 13.1 Å². The lowest BCUT2D eigenvalue weighted by Gasteiger charge is -2.24. The summed E-state index contributed by atoms with van der Waals surface area (Å²) in [6, 6.07) is 2.04. The predicted octanol–water partition coefficient (Wildman–Crippen LogP) is 2.54. The number of anilines is 1. The lowest BCUT2D eigenvalue weighted by Crippen LogP contribution is -2.46. The van der Waals surface area contributed by atoms with E-state index < -0.39 is 29.0 Å². The fraction of sp³-hybridized carbons (Fsp3) is 0.500. The second-order valence-corrected chi connectivity index (χ2v) is 5.68. The number of nitrogens with zero attached hydrogens (tertiary/aromatic N) is 1. The van der Waals surface area contributed by atoms with Crippen molar-refractivity contribution >= 4 is 17.6 Å². The minimum Gasteiger partial charge on any atom is -0.354 e. The lowest BCUT2D eigenvalue weighted by molar-refractivity contribution is -0.115. The van der Waals surface area contributed by atoms with E-state index in [0.29, 0.717) is 12.0 Å². The first-order chi connectivity index (χ1) is 11.5. The third kappa shape index (κ3) is 4.87. The molecule has 1 aromatic rings. The van der Waals surface area contributed by atoms with Gasteiger partial charge in [0.1, 0.15) is 0 Å². The maximum atomic E-state index is 13.5. The fourth-order valence-electron chi connectivity index (χ4n) is 2.62. The molecule has 1 aromatic carbocycles. The van der Waals surface area contributed by atoms with Gasteiger partial charge in [-0.2, -0.15) is 0 Å². The molecule has 1 fully saturated rings. The van der Waals surface area contributed by atoms with Gasteiger partial charge in [0.25, 0.3) is 0 Å². The number of benzene rings is 1. The van der Waals surface area contributed by atoms with Crippen molar-refractivity contribution in [3.63, 3.8) is 0 Å². The molecular formula is C16H21F3N4O. The van der Waals surface area contributed by atoms with Crippen LogP contribution >= 0.6 is 0 Å². The number of hydrogen-bond donors (Lipinski definition) is 3. The number of nitrogens with one attached hydrogen (secondary N) is 3. The summed E-state index contributed by atoms with van der Waals surface area (Å²) in [6.07, 6.45) is 5.64. The van der Waals surface area contributed by atoms with E-state index in [1.807, 2.05) is 0 Å². The Kier molecular flexibility index (Phi) is 6.45. The third-order valence-corrected chi connectivity index (χ3v) is 3.90. The molecule has 0 heterocycles. The Morgan fingerprint density at radius 1 is 1.17 bits per heavy atom. The van der Waals surface area contributed by atoms with Crippen LogP contribution in [0.2, 0.25) is 0 Å². The van der Waals surface area contributed by atoms with Crippen LogP contribution in [-0.4, -0.2) is 31.5 Å². The van der Waals surface area contributed by atoms with Crippen molar-refractivity contribution in [2.75, 3.05) is 18.9 Å². The SMILES string of the molecule is CN=C(NCC(=O)Nc1ccc(F)c(F)c1F)NC1CCCCC1. The highest BCUT2D eigenvalue weighted by molar-refractivity contribution is 5.95. The largest absolute Gasteiger partial charge is 0.354 e. The molecule has 1 aliphatic carbocycles. The van der Waals surface area contributed by atoms with Gasteiger partial charge < -0.3 is 16.0 Å². The molecule has 5 nitrogen and oxygen atoms in total. The number of hydrogen-bond acceptors (Lipinski definition) is 2. The fourth-order valence-corrected chi connectivity index (χ4v) is 2.62. The zero-order valence-corrected chi connectivity index (χ0v) is 13.5. The van der Waals surface area contributed by atoms with Crippen molar-refractivity contribution in [1.82, 2.24) is 10.6 Å². The molecule has 8 heteroatoms. The summed E-state index contributed by atoms with van der Waals surface area (Å²) in [5, 5.41) is 8.24. The maximum absolute atomic E-state index is 13.5.